The Balaban J connectivity index is 4.05. The number of methoxy groups -OCH3 is 1. The summed E-state index contributed by atoms with van der Waals surface area (Å²) < 4.78 is 4.64. The van der Waals surface area contributed by atoms with Gasteiger partial charge in [0.05, 0.1) is 19.7 Å². The zero-order chi connectivity index (χ0) is 14.7. The second kappa shape index (κ2) is 10.8. The Bertz CT molecular complexity index is 269. The van der Waals surface area contributed by atoms with E-state index in [1.807, 2.05) is 0 Å². The van der Waals surface area contributed by atoms with Gasteiger partial charge in [-0.3, -0.25) is 14.5 Å². The number of carbonyl (C=O) groups excluding carboxylic acids is 2. The Morgan fingerprint density at radius 2 is 1.74 bits per heavy atom. The Morgan fingerprint density at radius 3 is 2.26 bits per heavy atom. The van der Waals surface area contributed by atoms with E-state index < -0.39 is 11.9 Å². The zero-order valence-electron chi connectivity index (χ0n) is 12.5. The fraction of sp³-hybridized carbons (Fsp3) is 0.857. The standard InChI is InChI=1S/C14H28N2O3/c1-4-5-6-7-8-9-10-16(11-13(17)19-3)12(2)14(15)18/h12H,4-11H2,1-3H3,(H2,15,18). The van der Waals surface area contributed by atoms with Gasteiger partial charge >= 0.3 is 5.97 Å². The summed E-state index contributed by atoms with van der Waals surface area (Å²) in [6.45, 7) is 4.73. The highest BCUT2D eigenvalue weighted by molar-refractivity contribution is 5.80. The Hall–Kier alpha value is -1.10. The van der Waals surface area contributed by atoms with E-state index in [1.165, 1.54) is 32.8 Å². The van der Waals surface area contributed by atoms with Crippen LogP contribution >= 0.6 is 0 Å². The van der Waals surface area contributed by atoms with Crippen molar-refractivity contribution in [2.24, 2.45) is 5.73 Å². The molecule has 0 aliphatic rings. The summed E-state index contributed by atoms with van der Waals surface area (Å²) in [6, 6.07) is -0.435. The molecule has 19 heavy (non-hydrogen) atoms. The summed E-state index contributed by atoms with van der Waals surface area (Å²) in [5.41, 5.74) is 5.29. The molecule has 1 atom stereocenters. The SMILES string of the molecule is CCCCCCCCN(CC(=O)OC)C(C)C(N)=O. The van der Waals surface area contributed by atoms with Gasteiger partial charge in [0.2, 0.25) is 5.91 Å². The maximum Gasteiger partial charge on any atom is 0.319 e. The van der Waals surface area contributed by atoms with Crippen LogP contribution in [0.2, 0.25) is 0 Å². The summed E-state index contributed by atoms with van der Waals surface area (Å²) in [4.78, 5) is 24.3. The van der Waals surface area contributed by atoms with E-state index in [-0.39, 0.29) is 12.5 Å². The van der Waals surface area contributed by atoms with Gasteiger partial charge in [-0.15, -0.1) is 0 Å². The largest absolute Gasteiger partial charge is 0.468 e. The molecule has 0 aromatic rings. The van der Waals surface area contributed by atoms with Crippen LogP contribution in [0.25, 0.3) is 0 Å². The maximum absolute atomic E-state index is 11.3. The predicted octanol–water partition coefficient (Wildman–Crippen LogP) is 1.70. The number of hydrogen-bond donors (Lipinski definition) is 1. The number of primary amides is 1. The van der Waals surface area contributed by atoms with Gasteiger partial charge < -0.3 is 10.5 Å². The van der Waals surface area contributed by atoms with Crippen LogP contribution < -0.4 is 5.73 Å². The van der Waals surface area contributed by atoms with Crippen molar-refractivity contribution < 1.29 is 14.3 Å². The van der Waals surface area contributed by atoms with E-state index in [0.717, 1.165) is 12.8 Å². The first kappa shape index (κ1) is 17.9. The molecule has 0 saturated heterocycles. The molecule has 0 heterocycles. The second-order valence-corrected chi connectivity index (χ2v) is 4.89. The minimum absolute atomic E-state index is 0.121. The number of nitrogens with zero attached hydrogens (tertiary/aromatic N) is 1. The number of rotatable bonds is 11. The predicted molar refractivity (Wildman–Crippen MR) is 75.6 cm³/mol. The highest BCUT2D eigenvalue weighted by Gasteiger charge is 2.21. The first-order valence-electron chi connectivity index (χ1n) is 7.13. The molecule has 0 aliphatic heterocycles. The first-order chi connectivity index (χ1) is 9.02. The van der Waals surface area contributed by atoms with Gasteiger partial charge in [0.1, 0.15) is 0 Å². The van der Waals surface area contributed by atoms with Crippen molar-refractivity contribution in [1.82, 2.24) is 4.90 Å². The van der Waals surface area contributed by atoms with Gasteiger partial charge in [0.25, 0.3) is 0 Å². The average molecular weight is 272 g/mol. The molecule has 0 aromatic heterocycles. The molecule has 0 aliphatic carbocycles. The summed E-state index contributed by atoms with van der Waals surface area (Å²) >= 11 is 0. The van der Waals surface area contributed by atoms with Crippen molar-refractivity contribution in [2.45, 2.75) is 58.4 Å². The van der Waals surface area contributed by atoms with Gasteiger partial charge in [0, 0.05) is 0 Å². The Morgan fingerprint density at radius 1 is 1.16 bits per heavy atom. The highest BCUT2D eigenvalue weighted by atomic mass is 16.5. The average Bonchev–Trinajstić information content (AvgIpc) is 2.39. The van der Waals surface area contributed by atoms with Crippen LogP contribution in [-0.2, 0) is 14.3 Å². The molecule has 5 nitrogen and oxygen atoms in total. The van der Waals surface area contributed by atoms with Crippen molar-refractivity contribution in [3.8, 4) is 0 Å². The molecule has 0 bridgehead atoms. The lowest BCUT2D eigenvalue weighted by Crippen LogP contribution is -2.45. The molecule has 0 rings (SSSR count). The van der Waals surface area contributed by atoms with Crippen molar-refractivity contribution in [2.75, 3.05) is 20.2 Å². The molecular weight excluding hydrogens is 244 g/mol. The maximum atomic E-state index is 11.3. The number of unbranched alkanes of at least 4 members (excludes halogenated alkanes) is 5. The Labute approximate surface area is 116 Å². The Kier molecular flexibility index (Phi) is 10.2. The lowest BCUT2D eigenvalue weighted by molar-refractivity contribution is -0.143. The van der Waals surface area contributed by atoms with Crippen LogP contribution in [0.5, 0.6) is 0 Å². The molecule has 0 saturated carbocycles. The third-order valence-electron chi connectivity index (χ3n) is 3.32. The molecule has 5 heteroatoms. The smallest absolute Gasteiger partial charge is 0.319 e. The summed E-state index contributed by atoms with van der Waals surface area (Å²) in [5.74, 6) is -0.742. The van der Waals surface area contributed by atoms with Crippen LogP contribution in [0.3, 0.4) is 0 Å². The summed E-state index contributed by atoms with van der Waals surface area (Å²) in [6.07, 6.45) is 7.03. The van der Waals surface area contributed by atoms with E-state index in [9.17, 15) is 9.59 Å². The molecule has 1 amide bonds. The fourth-order valence-corrected chi connectivity index (χ4v) is 1.92. The third kappa shape index (κ3) is 8.59. The van der Waals surface area contributed by atoms with Crippen LogP contribution in [-0.4, -0.2) is 43.0 Å². The lowest BCUT2D eigenvalue weighted by Gasteiger charge is -2.25. The second-order valence-electron chi connectivity index (χ2n) is 4.89. The fourth-order valence-electron chi connectivity index (χ4n) is 1.92. The molecule has 1 unspecified atom stereocenters. The first-order valence-corrected chi connectivity index (χ1v) is 7.13. The van der Waals surface area contributed by atoms with Crippen LogP contribution in [0.4, 0.5) is 0 Å². The van der Waals surface area contributed by atoms with Gasteiger partial charge in [-0.1, -0.05) is 39.0 Å². The molecule has 0 fully saturated rings. The van der Waals surface area contributed by atoms with Crippen molar-refractivity contribution >= 4 is 11.9 Å². The number of ether oxygens (including phenoxy) is 1. The molecular formula is C14H28N2O3. The highest BCUT2D eigenvalue weighted by Crippen LogP contribution is 2.08. The summed E-state index contributed by atoms with van der Waals surface area (Å²) in [5, 5.41) is 0. The third-order valence-corrected chi connectivity index (χ3v) is 3.32. The zero-order valence-corrected chi connectivity index (χ0v) is 12.5. The van der Waals surface area contributed by atoms with E-state index in [4.69, 9.17) is 5.73 Å². The van der Waals surface area contributed by atoms with Crippen molar-refractivity contribution in [3.63, 3.8) is 0 Å². The molecule has 0 spiro atoms. The number of esters is 1. The number of nitrogens with two attached hydrogens (primary N) is 1. The normalized spacial score (nSPS) is 12.4. The van der Waals surface area contributed by atoms with E-state index in [1.54, 1.807) is 11.8 Å². The van der Waals surface area contributed by atoms with Crippen molar-refractivity contribution in [1.29, 1.82) is 0 Å². The van der Waals surface area contributed by atoms with Crippen molar-refractivity contribution in [3.05, 3.63) is 0 Å². The quantitative estimate of drug-likeness (QED) is 0.459. The number of carbonyl (C=O) groups is 2. The van der Waals surface area contributed by atoms with E-state index in [0.29, 0.717) is 6.54 Å². The topological polar surface area (TPSA) is 72.6 Å². The van der Waals surface area contributed by atoms with Gasteiger partial charge in [0.15, 0.2) is 0 Å². The minimum Gasteiger partial charge on any atom is -0.468 e. The molecule has 2 N–H and O–H groups in total. The number of hydrogen-bond acceptors (Lipinski definition) is 4. The van der Waals surface area contributed by atoms with E-state index >= 15 is 0 Å². The monoisotopic (exact) mass is 272 g/mol. The van der Waals surface area contributed by atoms with Crippen LogP contribution in [0, 0.1) is 0 Å². The number of amides is 1. The molecule has 0 radical (unpaired) electrons. The summed E-state index contributed by atoms with van der Waals surface area (Å²) in [7, 11) is 1.35. The van der Waals surface area contributed by atoms with Crippen LogP contribution in [0.1, 0.15) is 52.4 Å². The van der Waals surface area contributed by atoms with Crippen LogP contribution in [0.15, 0.2) is 0 Å². The minimum atomic E-state index is -0.435. The lowest BCUT2D eigenvalue weighted by atomic mass is 10.1. The van der Waals surface area contributed by atoms with E-state index in [2.05, 4.69) is 11.7 Å². The van der Waals surface area contributed by atoms with Gasteiger partial charge in [-0.2, -0.15) is 0 Å². The molecule has 0 aromatic carbocycles. The van der Waals surface area contributed by atoms with Gasteiger partial charge in [-0.05, 0) is 19.9 Å². The molecule has 112 valence electrons. The van der Waals surface area contributed by atoms with Gasteiger partial charge in [-0.25, -0.2) is 0 Å².